The first-order valence-corrected chi connectivity index (χ1v) is 11.6. The van der Waals surface area contributed by atoms with E-state index < -0.39 is 0 Å². The number of carbonyl (C=O) groups is 1. The smallest absolute Gasteiger partial charge is 0.241 e. The Bertz CT molecular complexity index is 1060. The average molecular weight is 437 g/mol. The number of rotatable bonds is 6. The van der Waals surface area contributed by atoms with E-state index in [1.807, 2.05) is 36.1 Å². The van der Waals surface area contributed by atoms with E-state index in [0.29, 0.717) is 24.0 Å². The van der Waals surface area contributed by atoms with E-state index in [4.69, 9.17) is 4.52 Å². The van der Waals surface area contributed by atoms with E-state index in [0.717, 1.165) is 37.3 Å². The highest BCUT2D eigenvalue weighted by atomic mass is 32.2. The van der Waals surface area contributed by atoms with Gasteiger partial charge in [-0.05, 0) is 38.0 Å². The summed E-state index contributed by atoms with van der Waals surface area (Å²) in [4.78, 5) is 22.6. The van der Waals surface area contributed by atoms with Gasteiger partial charge in [-0.15, -0.1) is 11.8 Å². The lowest BCUT2D eigenvalue weighted by Gasteiger charge is -2.34. The summed E-state index contributed by atoms with van der Waals surface area (Å²) in [6, 6.07) is 14.4. The summed E-state index contributed by atoms with van der Waals surface area (Å²) in [5.74, 6) is 1.92. The SMILES string of the molecule is Cc1ccc(C)c(SCC(=O)N2CCN(Cc3nc(-c4ccccc4C)no3)CC2)c1. The monoisotopic (exact) mass is 436 g/mol. The van der Waals surface area contributed by atoms with Crippen LogP contribution in [0.4, 0.5) is 0 Å². The van der Waals surface area contributed by atoms with Crippen molar-refractivity contribution in [3.63, 3.8) is 0 Å². The number of thioether (sulfide) groups is 1. The minimum absolute atomic E-state index is 0.199. The van der Waals surface area contributed by atoms with Gasteiger partial charge in [-0.2, -0.15) is 4.98 Å². The highest BCUT2D eigenvalue weighted by Crippen LogP contribution is 2.24. The Kier molecular flexibility index (Phi) is 6.73. The minimum Gasteiger partial charge on any atom is -0.339 e. The normalized spacial score (nSPS) is 14.7. The van der Waals surface area contributed by atoms with E-state index in [1.54, 1.807) is 11.8 Å². The molecule has 0 spiro atoms. The molecule has 0 atom stereocenters. The number of piperazine rings is 1. The topological polar surface area (TPSA) is 62.5 Å². The Morgan fingerprint density at radius 3 is 2.58 bits per heavy atom. The van der Waals surface area contributed by atoms with Gasteiger partial charge >= 0.3 is 0 Å². The van der Waals surface area contributed by atoms with Gasteiger partial charge in [0.15, 0.2) is 0 Å². The number of aryl methyl sites for hydroxylation is 3. The molecule has 0 radical (unpaired) electrons. The van der Waals surface area contributed by atoms with Crippen LogP contribution in [0.15, 0.2) is 51.9 Å². The third kappa shape index (κ3) is 5.35. The lowest BCUT2D eigenvalue weighted by Crippen LogP contribution is -2.48. The van der Waals surface area contributed by atoms with E-state index in [2.05, 4.69) is 47.1 Å². The van der Waals surface area contributed by atoms with Gasteiger partial charge in [0.2, 0.25) is 17.6 Å². The van der Waals surface area contributed by atoms with Crippen molar-refractivity contribution in [2.45, 2.75) is 32.2 Å². The lowest BCUT2D eigenvalue weighted by atomic mass is 10.1. The zero-order valence-corrected chi connectivity index (χ0v) is 19.1. The second-order valence-corrected chi connectivity index (χ2v) is 9.06. The predicted octanol–water partition coefficient (Wildman–Crippen LogP) is 4.10. The molecule has 1 amide bonds. The number of carbonyl (C=O) groups excluding carboxylic acids is 1. The number of amides is 1. The van der Waals surface area contributed by atoms with Crippen LogP contribution in [-0.4, -0.2) is 57.8 Å². The molecule has 0 N–H and O–H groups in total. The van der Waals surface area contributed by atoms with Gasteiger partial charge in [0.25, 0.3) is 0 Å². The van der Waals surface area contributed by atoms with Crippen molar-refractivity contribution >= 4 is 17.7 Å². The molecule has 0 aliphatic carbocycles. The van der Waals surface area contributed by atoms with Crippen molar-refractivity contribution < 1.29 is 9.32 Å². The largest absolute Gasteiger partial charge is 0.339 e. The number of nitrogens with zero attached hydrogens (tertiary/aromatic N) is 4. The standard InChI is InChI=1S/C24H28N4O2S/c1-17-8-9-19(3)21(14-17)31-16-23(29)28-12-10-27(11-13-28)15-22-25-24(26-30-22)20-7-5-4-6-18(20)2/h4-9,14H,10-13,15-16H2,1-3H3. The van der Waals surface area contributed by atoms with Crippen LogP contribution in [-0.2, 0) is 11.3 Å². The summed E-state index contributed by atoms with van der Waals surface area (Å²) in [7, 11) is 0. The maximum Gasteiger partial charge on any atom is 0.241 e. The summed E-state index contributed by atoms with van der Waals surface area (Å²) in [5, 5.41) is 4.14. The fourth-order valence-electron chi connectivity index (χ4n) is 3.69. The molecule has 1 fully saturated rings. The molecule has 0 saturated carbocycles. The molecule has 3 aromatic rings. The van der Waals surface area contributed by atoms with Gasteiger partial charge in [-0.25, -0.2) is 0 Å². The van der Waals surface area contributed by atoms with Crippen molar-refractivity contribution in [1.82, 2.24) is 19.9 Å². The number of hydrogen-bond acceptors (Lipinski definition) is 6. The maximum atomic E-state index is 12.7. The zero-order valence-electron chi connectivity index (χ0n) is 18.3. The van der Waals surface area contributed by atoms with Crippen LogP contribution in [0.2, 0.25) is 0 Å². The van der Waals surface area contributed by atoms with Crippen LogP contribution in [0.5, 0.6) is 0 Å². The Hall–Kier alpha value is -2.64. The van der Waals surface area contributed by atoms with Gasteiger partial charge in [0.05, 0.1) is 12.3 Å². The summed E-state index contributed by atoms with van der Waals surface area (Å²) in [5.41, 5.74) is 4.56. The van der Waals surface area contributed by atoms with E-state index in [-0.39, 0.29) is 5.91 Å². The van der Waals surface area contributed by atoms with Crippen molar-refractivity contribution in [2.24, 2.45) is 0 Å². The highest BCUT2D eigenvalue weighted by Gasteiger charge is 2.23. The molecule has 7 heteroatoms. The first-order chi connectivity index (χ1) is 15.0. The van der Waals surface area contributed by atoms with Crippen LogP contribution in [0.3, 0.4) is 0 Å². The third-order valence-electron chi connectivity index (χ3n) is 5.63. The van der Waals surface area contributed by atoms with Crippen LogP contribution in [0.1, 0.15) is 22.6 Å². The predicted molar refractivity (Wildman–Crippen MR) is 123 cm³/mol. The Morgan fingerprint density at radius 1 is 1.03 bits per heavy atom. The molecule has 1 saturated heterocycles. The molecule has 1 aliphatic rings. The molecule has 6 nitrogen and oxygen atoms in total. The van der Waals surface area contributed by atoms with Crippen molar-refractivity contribution in [2.75, 3.05) is 31.9 Å². The second kappa shape index (κ2) is 9.66. The molecule has 0 unspecified atom stereocenters. The van der Waals surface area contributed by atoms with Crippen LogP contribution >= 0.6 is 11.8 Å². The van der Waals surface area contributed by atoms with Crippen LogP contribution in [0, 0.1) is 20.8 Å². The molecule has 1 aromatic heterocycles. The first kappa shape index (κ1) is 21.6. The molecule has 1 aliphatic heterocycles. The third-order valence-corrected chi connectivity index (χ3v) is 6.77. The minimum atomic E-state index is 0.199. The lowest BCUT2D eigenvalue weighted by molar-refractivity contribution is -0.130. The summed E-state index contributed by atoms with van der Waals surface area (Å²) in [6.45, 7) is 9.89. The van der Waals surface area contributed by atoms with Crippen LogP contribution in [0.25, 0.3) is 11.4 Å². The molecule has 0 bridgehead atoms. The van der Waals surface area contributed by atoms with Gasteiger partial charge in [-0.1, -0.05) is 47.1 Å². The molecule has 2 heterocycles. The second-order valence-electron chi connectivity index (χ2n) is 8.04. The number of aromatic nitrogens is 2. The summed E-state index contributed by atoms with van der Waals surface area (Å²) < 4.78 is 5.47. The van der Waals surface area contributed by atoms with Gasteiger partial charge < -0.3 is 9.42 Å². The van der Waals surface area contributed by atoms with Crippen molar-refractivity contribution in [3.8, 4) is 11.4 Å². The quantitative estimate of drug-likeness (QED) is 0.542. The van der Waals surface area contributed by atoms with Crippen molar-refractivity contribution in [1.29, 1.82) is 0 Å². The average Bonchev–Trinajstić information content (AvgIpc) is 3.23. The molecule has 31 heavy (non-hydrogen) atoms. The molecule has 4 rings (SSSR count). The fraction of sp³-hybridized carbons (Fsp3) is 0.375. The fourth-order valence-corrected chi connectivity index (χ4v) is 4.72. The van der Waals surface area contributed by atoms with Gasteiger partial charge in [0, 0.05) is 36.6 Å². The Morgan fingerprint density at radius 2 is 1.81 bits per heavy atom. The summed E-state index contributed by atoms with van der Waals surface area (Å²) in [6.07, 6.45) is 0. The Balaban J connectivity index is 1.27. The van der Waals surface area contributed by atoms with Crippen LogP contribution < -0.4 is 0 Å². The Labute approximate surface area is 187 Å². The zero-order chi connectivity index (χ0) is 21.8. The van der Waals surface area contributed by atoms with E-state index in [9.17, 15) is 4.79 Å². The maximum absolute atomic E-state index is 12.7. The van der Waals surface area contributed by atoms with Crippen molar-refractivity contribution in [3.05, 3.63) is 65.0 Å². The number of hydrogen-bond donors (Lipinski definition) is 0. The molecular weight excluding hydrogens is 408 g/mol. The van der Waals surface area contributed by atoms with Gasteiger partial charge in [0.1, 0.15) is 0 Å². The molecule has 2 aromatic carbocycles. The number of benzene rings is 2. The highest BCUT2D eigenvalue weighted by molar-refractivity contribution is 8.00. The first-order valence-electron chi connectivity index (χ1n) is 10.6. The van der Waals surface area contributed by atoms with E-state index >= 15 is 0 Å². The molecule has 162 valence electrons. The van der Waals surface area contributed by atoms with E-state index in [1.165, 1.54) is 16.0 Å². The van der Waals surface area contributed by atoms with Gasteiger partial charge in [-0.3, -0.25) is 9.69 Å². The summed E-state index contributed by atoms with van der Waals surface area (Å²) >= 11 is 1.63. The molecular formula is C24H28N4O2S.